The molecule has 10 heteroatoms. The largest absolute Gasteiger partial charge is 0.496 e. The summed E-state index contributed by atoms with van der Waals surface area (Å²) in [5.74, 6) is 0.758. The quantitative estimate of drug-likeness (QED) is 0.296. The summed E-state index contributed by atoms with van der Waals surface area (Å²) in [6, 6.07) is 10.4. The molecule has 2 fully saturated rings. The van der Waals surface area contributed by atoms with Crippen LogP contribution in [0.1, 0.15) is 37.7 Å². The normalized spacial score (nSPS) is 16.7. The zero-order chi connectivity index (χ0) is 28.3. The average molecular weight is 559 g/mol. The number of nitrogens with one attached hydrogen (secondary N) is 2. The summed E-state index contributed by atoms with van der Waals surface area (Å²) < 4.78 is 21.3. The van der Waals surface area contributed by atoms with Crippen LogP contribution in [0, 0.1) is 5.82 Å². The van der Waals surface area contributed by atoms with Gasteiger partial charge in [0.05, 0.1) is 47.4 Å². The standard InChI is InChI=1S/C31H35FN6O3/c1-41-28-16-23(24(32)15-20(28)19-37-11-3-2-4-12-37)26-17-27(30-25(35-26)7-10-33-31(30)40)36-29-6-5-21(18-34-29)38-13-8-22(39)9-14-38/h5-7,10,15-18,22,39H,2-4,8-9,11-14,19H2,1H3,(H,33,40)(H,34,35,36). The van der Waals surface area contributed by atoms with E-state index >= 15 is 4.39 Å². The Morgan fingerprint density at radius 3 is 2.63 bits per heavy atom. The predicted octanol–water partition coefficient (Wildman–Crippen LogP) is 4.82. The Morgan fingerprint density at radius 2 is 1.90 bits per heavy atom. The van der Waals surface area contributed by atoms with Gasteiger partial charge in [0.2, 0.25) is 0 Å². The van der Waals surface area contributed by atoms with Crippen molar-refractivity contribution < 1.29 is 14.2 Å². The van der Waals surface area contributed by atoms with Crippen LogP contribution in [0.5, 0.6) is 5.75 Å². The summed E-state index contributed by atoms with van der Waals surface area (Å²) in [6.45, 7) is 4.18. The summed E-state index contributed by atoms with van der Waals surface area (Å²) in [4.78, 5) is 29.3. The molecule has 5 heterocycles. The van der Waals surface area contributed by atoms with Gasteiger partial charge < -0.3 is 25.0 Å². The first-order valence-electron chi connectivity index (χ1n) is 14.3. The second-order valence-corrected chi connectivity index (χ2v) is 10.8. The second-order valence-electron chi connectivity index (χ2n) is 10.8. The highest BCUT2D eigenvalue weighted by molar-refractivity contribution is 5.94. The predicted molar refractivity (Wildman–Crippen MR) is 158 cm³/mol. The highest BCUT2D eigenvalue weighted by Crippen LogP contribution is 2.34. The Balaban J connectivity index is 1.33. The van der Waals surface area contributed by atoms with Crippen molar-refractivity contribution >= 4 is 28.1 Å². The highest BCUT2D eigenvalue weighted by Gasteiger charge is 2.20. The van der Waals surface area contributed by atoms with Crippen LogP contribution in [0.2, 0.25) is 0 Å². The van der Waals surface area contributed by atoms with E-state index in [1.54, 1.807) is 37.6 Å². The molecule has 3 N–H and O–H groups in total. The molecule has 0 unspecified atom stereocenters. The molecule has 0 aliphatic carbocycles. The summed E-state index contributed by atoms with van der Waals surface area (Å²) in [6.07, 6.45) is 8.06. The summed E-state index contributed by atoms with van der Waals surface area (Å²) >= 11 is 0. The van der Waals surface area contributed by atoms with Crippen molar-refractivity contribution in [2.45, 2.75) is 44.8 Å². The van der Waals surface area contributed by atoms with Crippen molar-refractivity contribution in [3.8, 4) is 17.0 Å². The van der Waals surface area contributed by atoms with Crippen LogP contribution >= 0.6 is 0 Å². The van der Waals surface area contributed by atoms with Gasteiger partial charge in [-0.1, -0.05) is 6.42 Å². The van der Waals surface area contributed by atoms with Crippen molar-refractivity contribution in [1.29, 1.82) is 0 Å². The van der Waals surface area contributed by atoms with Crippen molar-refractivity contribution in [2.24, 2.45) is 0 Å². The van der Waals surface area contributed by atoms with Crippen molar-refractivity contribution in [2.75, 3.05) is 43.5 Å². The van der Waals surface area contributed by atoms with E-state index in [1.165, 1.54) is 12.6 Å². The SMILES string of the molecule is COc1cc(-c2cc(Nc3ccc(N4CCC(O)CC4)cn3)c3c(=O)[nH]ccc3n2)c(F)cc1CN1CCCCC1. The fraction of sp³-hybridized carbons (Fsp3) is 0.387. The number of H-pyrrole nitrogens is 1. The van der Waals surface area contributed by atoms with E-state index in [4.69, 9.17) is 4.74 Å². The number of pyridine rings is 3. The van der Waals surface area contributed by atoms with Gasteiger partial charge >= 0.3 is 0 Å². The van der Waals surface area contributed by atoms with Gasteiger partial charge in [0.25, 0.3) is 5.56 Å². The number of halogens is 1. The smallest absolute Gasteiger partial charge is 0.259 e. The van der Waals surface area contributed by atoms with Crippen LogP contribution in [-0.4, -0.2) is 64.4 Å². The van der Waals surface area contributed by atoms with E-state index < -0.39 is 5.82 Å². The number of fused-ring (bicyclic) bond motifs is 1. The summed E-state index contributed by atoms with van der Waals surface area (Å²) in [5.41, 5.74) is 3.07. The minimum atomic E-state index is -0.394. The fourth-order valence-corrected chi connectivity index (χ4v) is 5.80. The average Bonchev–Trinajstić information content (AvgIpc) is 2.98. The maximum absolute atomic E-state index is 15.7. The number of aromatic nitrogens is 3. The van der Waals surface area contributed by atoms with E-state index in [1.807, 2.05) is 12.1 Å². The van der Waals surface area contributed by atoms with Crippen LogP contribution in [0.25, 0.3) is 22.2 Å². The number of aliphatic hydroxyl groups is 1. The lowest BCUT2D eigenvalue weighted by Crippen LogP contribution is -2.35. The first-order chi connectivity index (χ1) is 20.0. The molecule has 214 valence electrons. The molecule has 0 radical (unpaired) electrons. The number of anilines is 3. The van der Waals surface area contributed by atoms with Crippen molar-refractivity contribution in [3.63, 3.8) is 0 Å². The molecule has 0 spiro atoms. The molecule has 2 saturated heterocycles. The Labute approximate surface area is 238 Å². The van der Waals surface area contributed by atoms with Crippen molar-refractivity contribution in [1.82, 2.24) is 19.9 Å². The molecule has 3 aromatic heterocycles. The molecule has 41 heavy (non-hydrogen) atoms. The molecule has 0 saturated carbocycles. The first-order valence-corrected chi connectivity index (χ1v) is 14.3. The number of rotatable bonds is 7. The lowest BCUT2D eigenvalue weighted by atomic mass is 10.0. The molecule has 0 bridgehead atoms. The molecule has 9 nitrogen and oxygen atoms in total. The Morgan fingerprint density at radius 1 is 1.10 bits per heavy atom. The Kier molecular flexibility index (Phi) is 7.84. The first kappa shape index (κ1) is 27.2. The Hall–Kier alpha value is -4.02. The molecular formula is C31H35FN6O3. The minimum absolute atomic E-state index is 0.247. The summed E-state index contributed by atoms with van der Waals surface area (Å²) in [7, 11) is 1.60. The number of hydrogen-bond acceptors (Lipinski definition) is 8. The van der Waals surface area contributed by atoms with E-state index in [9.17, 15) is 9.90 Å². The molecular weight excluding hydrogens is 523 g/mol. The van der Waals surface area contributed by atoms with Crippen molar-refractivity contribution in [3.05, 3.63) is 70.5 Å². The second kappa shape index (κ2) is 11.8. The lowest BCUT2D eigenvalue weighted by Gasteiger charge is -2.31. The van der Waals surface area contributed by atoms with Gasteiger partial charge in [0.1, 0.15) is 17.4 Å². The van der Waals surface area contributed by atoms with Crippen LogP contribution in [0.15, 0.2) is 53.6 Å². The van der Waals surface area contributed by atoms with Gasteiger partial charge in [-0.05, 0) is 75.2 Å². The topological polar surface area (TPSA) is 107 Å². The van der Waals surface area contributed by atoms with Gasteiger partial charge in [-0.2, -0.15) is 0 Å². The zero-order valence-corrected chi connectivity index (χ0v) is 23.2. The number of benzene rings is 1. The lowest BCUT2D eigenvalue weighted by molar-refractivity contribution is 0.145. The number of hydrogen-bond donors (Lipinski definition) is 3. The molecule has 0 amide bonds. The zero-order valence-electron chi connectivity index (χ0n) is 23.2. The number of likely N-dealkylation sites (tertiary alicyclic amines) is 1. The maximum Gasteiger partial charge on any atom is 0.259 e. The van der Waals surface area contributed by atoms with Gasteiger partial charge in [0.15, 0.2) is 0 Å². The number of ether oxygens (including phenoxy) is 1. The van der Waals surface area contributed by atoms with E-state index in [0.717, 1.165) is 63.1 Å². The Bertz CT molecular complexity index is 1580. The van der Waals surface area contributed by atoms with E-state index in [2.05, 4.69) is 30.1 Å². The van der Waals surface area contributed by atoms with Gasteiger partial charge in [-0.25, -0.2) is 14.4 Å². The van der Waals surface area contributed by atoms with Gasteiger partial charge in [-0.15, -0.1) is 0 Å². The van der Waals surface area contributed by atoms with Crippen LogP contribution in [0.4, 0.5) is 21.6 Å². The van der Waals surface area contributed by atoms with Crippen LogP contribution in [-0.2, 0) is 6.54 Å². The fourth-order valence-electron chi connectivity index (χ4n) is 5.80. The minimum Gasteiger partial charge on any atom is -0.496 e. The molecule has 2 aliphatic heterocycles. The molecule has 0 atom stereocenters. The van der Waals surface area contributed by atoms with Crippen LogP contribution in [0.3, 0.4) is 0 Å². The van der Waals surface area contributed by atoms with Gasteiger partial charge in [-0.3, -0.25) is 9.69 Å². The number of piperidine rings is 2. The number of aliphatic hydroxyl groups excluding tert-OH is 1. The third-order valence-corrected chi connectivity index (χ3v) is 8.06. The molecule has 2 aliphatic rings. The number of aromatic amines is 1. The van der Waals surface area contributed by atoms with E-state index in [0.29, 0.717) is 46.0 Å². The van der Waals surface area contributed by atoms with Crippen LogP contribution < -0.4 is 20.5 Å². The maximum atomic E-state index is 15.7. The third-order valence-electron chi connectivity index (χ3n) is 8.06. The van der Waals surface area contributed by atoms with E-state index in [-0.39, 0.29) is 11.7 Å². The number of methoxy groups -OCH3 is 1. The molecule has 6 rings (SSSR count). The third kappa shape index (κ3) is 5.89. The monoisotopic (exact) mass is 558 g/mol. The van der Waals surface area contributed by atoms with Gasteiger partial charge in [0, 0.05) is 37.0 Å². The number of nitrogens with zero attached hydrogens (tertiary/aromatic N) is 4. The molecule has 4 aromatic rings. The highest BCUT2D eigenvalue weighted by atomic mass is 19.1. The summed E-state index contributed by atoms with van der Waals surface area (Å²) in [5, 5.41) is 13.4. The molecule has 1 aromatic carbocycles.